The molecule has 25 heavy (non-hydrogen) atoms. The molecule has 2 aromatic rings. The molecule has 0 bridgehead atoms. The van der Waals surface area contributed by atoms with Gasteiger partial charge in [0.05, 0.1) is 13.2 Å². The number of methoxy groups -OCH3 is 1. The van der Waals surface area contributed by atoms with Gasteiger partial charge in [-0.25, -0.2) is 4.98 Å². The van der Waals surface area contributed by atoms with Gasteiger partial charge >= 0.3 is 0 Å². The number of rotatable bonds is 3. The molecule has 1 aliphatic rings. The van der Waals surface area contributed by atoms with Crippen LogP contribution in [0.4, 0.5) is 0 Å². The minimum absolute atomic E-state index is 0.0402. The minimum atomic E-state index is -0.0402. The first-order valence-electron chi connectivity index (χ1n) is 8.54. The Morgan fingerprint density at radius 1 is 1.24 bits per heavy atom. The monoisotopic (exact) mass is 335 g/mol. The molecule has 1 atom stereocenters. The van der Waals surface area contributed by atoms with Crippen LogP contribution >= 0.6 is 0 Å². The van der Waals surface area contributed by atoms with Crippen LogP contribution in [-0.4, -0.2) is 29.4 Å². The van der Waals surface area contributed by atoms with Gasteiger partial charge in [-0.15, -0.1) is 0 Å². The Balaban J connectivity index is 1.91. The van der Waals surface area contributed by atoms with Crippen molar-refractivity contribution in [1.29, 1.82) is 5.26 Å². The average molecular weight is 335 g/mol. The van der Waals surface area contributed by atoms with Crippen molar-refractivity contribution in [3.05, 3.63) is 59.4 Å². The van der Waals surface area contributed by atoms with Crippen molar-refractivity contribution in [3.63, 3.8) is 0 Å². The summed E-state index contributed by atoms with van der Waals surface area (Å²) in [6.07, 6.45) is 5.67. The third-order valence-corrected chi connectivity index (χ3v) is 4.64. The maximum Gasteiger partial charge on any atom is 0.254 e. The molecule has 1 aromatic carbocycles. The molecule has 0 radical (unpaired) electrons. The van der Waals surface area contributed by atoms with E-state index < -0.39 is 0 Å². The molecule has 1 aromatic heterocycles. The maximum absolute atomic E-state index is 13.1. The average Bonchev–Trinajstić information content (AvgIpc) is 2.93. The molecule has 1 saturated heterocycles. The summed E-state index contributed by atoms with van der Waals surface area (Å²) in [4.78, 5) is 19.0. The fourth-order valence-electron chi connectivity index (χ4n) is 3.31. The van der Waals surface area contributed by atoms with E-state index in [0.717, 1.165) is 43.5 Å². The molecule has 0 spiro atoms. The van der Waals surface area contributed by atoms with Crippen LogP contribution in [0.3, 0.4) is 0 Å². The predicted molar refractivity (Wildman–Crippen MR) is 94.2 cm³/mol. The van der Waals surface area contributed by atoms with Crippen molar-refractivity contribution in [3.8, 4) is 11.8 Å². The van der Waals surface area contributed by atoms with Gasteiger partial charge in [0.25, 0.3) is 5.91 Å². The Labute approximate surface area is 147 Å². The van der Waals surface area contributed by atoms with Crippen LogP contribution in [0, 0.1) is 11.3 Å². The number of hydrogen-bond acceptors (Lipinski definition) is 4. The van der Waals surface area contributed by atoms with E-state index in [0.29, 0.717) is 5.56 Å². The minimum Gasteiger partial charge on any atom is -0.497 e. The highest BCUT2D eigenvalue weighted by Gasteiger charge is 2.27. The highest BCUT2D eigenvalue weighted by atomic mass is 16.5. The van der Waals surface area contributed by atoms with Crippen LogP contribution in [0.5, 0.6) is 5.75 Å². The van der Waals surface area contributed by atoms with E-state index in [2.05, 4.69) is 4.98 Å². The number of carbonyl (C=O) groups excluding carboxylic acids is 1. The summed E-state index contributed by atoms with van der Waals surface area (Å²) in [7, 11) is 1.65. The summed E-state index contributed by atoms with van der Waals surface area (Å²) in [6, 6.07) is 13.2. The second kappa shape index (κ2) is 7.80. The fourth-order valence-corrected chi connectivity index (χ4v) is 3.31. The van der Waals surface area contributed by atoms with Gasteiger partial charge in [0.15, 0.2) is 0 Å². The number of aromatic nitrogens is 1. The number of likely N-dealkylation sites (tertiary alicyclic amines) is 1. The van der Waals surface area contributed by atoms with Gasteiger partial charge in [-0.2, -0.15) is 5.26 Å². The van der Waals surface area contributed by atoms with Crippen LogP contribution in [0.2, 0.25) is 0 Å². The van der Waals surface area contributed by atoms with Gasteiger partial charge in [-0.1, -0.05) is 25.0 Å². The van der Waals surface area contributed by atoms with Crippen LogP contribution in [0.15, 0.2) is 42.6 Å². The highest BCUT2D eigenvalue weighted by molar-refractivity contribution is 5.94. The maximum atomic E-state index is 13.1. The van der Waals surface area contributed by atoms with Gasteiger partial charge < -0.3 is 9.64 Å². The quantitative estimate of drug-likeness (QED) is 0.857. The predicted octanol–water partition coefficient (Wildman–Crippen LogP) is 3.72. The third-order valence-electron chi connectivity index (χ3n) is 4.64. The molecule has 2 heterocycles. The zero-order valence-corrected chi connectivity index (χ0v) is 14.3. The smallest absolute Gasteiger partial charge is 0.254 e. The number of carbonyl (C=O) groups is 1. The van der Waals surface area contributed by atoms with Crippen LogP contribution in [0.25, 0.3) is 0 Å². The Kier molecular flexibility index (Phi) is 5.30. The lowest BCUT2D eigenvalue weighted by molar-refractivity contribution is 0.0680. The zero-order chi connectivity index (χ0) is 17.6. The summed E-state index contributed by atoms with van der Waals surface area (Å²) >= 11 is 0. The van der Waals surface area contributed by atoms with E-state index in [1.807, 2.05) is 35.2 Å². The molecule has 0 aliphatic carbocycles. The summed E-state index contributed by atoms with van der Waals surface area (Å²) < 4.78 is 5.23. The number of pyridine rings is 1. The van der Waals surface area contributed by atoms with E-state index in [1.54, 1.807) is 19.2 Å². The summed E-state index contributed by atoms with van der Waals surface area (Å²) in [5, 5.41) is 9.03. The number of nitrogens with zero attached hydrogens (tertiary/aromatic N) is 3. The molecule has 0 N–H and O–H groups in total. The zero-order valence-electron chi connectivity index (χ0n) is 14.3. The second-order valence-corrected chi connectivity index (χ2v) is 6.18. The molecule has 1 fully saturated rings. The van der Waals surface area contributed by atoms with E-state index >= 15 is 0 Å². The standard InChI is InChI=1S/C20H21N3O2/c1-25-18-8-6-15(7-9-18)19-5-3-2-4-12-23(19)20(24)16-10-11-22-17(13-16)14-21/h6-11,13,19H,2-5,12H2,1H3. The number of benzene rings is 1. The number of amides is 1. The van der Waals surface area contributed by atoms with Crippen molar-refractivity contribution in [1.82, 2.24) is 9.88 Å². The molecule has 5 nitrogen and oxygen atoms in total. The van der Waals surface area contributed by atoms with Gasteiger partial charge in [0.2, 0.25) is 0 Å². The topological polar surface area (TPSA) is 66.2 Å². The van der Waals surface area contributed by atoms with E-state index in [4.69, 9.17) is 10.00 Å². The summed E-state index contributed by atoms with van der Waals surface area (Å²) in [5.74, 6) is 0.768. The molecule has 5 heteroatoms. The Morgan fingerprint density at radius 3 is 2.76 bits per heavy atom. The molecular formula is C20H21N3O2. The lowest BCUT2D eigenvalue weighted by atomic mass is 10.00. The Morgan fingerprint density at radius 2 is 2.04 bits per heavy atom. The van der Waals surface area contributed by atoms with Crippen LogP contribution in [0.1, 0.15) is 53.3 Å². The van der Waals surface area contributed by atoms with E-state index in [9.17, 15) is 4.79 Å². The van der Waals surface area contributed by atoms with Crippen molar-refractivity contribution < 1.29 is 9.53 Å². The summed E-state index contributed by atoms with van der Waals surface area (Å²) in [6.45, 7) is 0.722. The fraction of sp³-hybridized carbons (Fsp3) is 0.350. The number of hydrogen-bond donors (Lipinski definition) is 0. The van der Waals surface area contributed by atoms with Crippen molar-refractivity contribution in [2.24, 2.45) is 0 Å². The number of nitriles is 1. The lowest BCUT2D eigenvalue weighted by Crippen LogP contribution is -2.34. The van der Waals surface area contributed by atoms with Crippen molar-refractivity contribution in [2.45, 2.75) is 31.7 Å². The molecule has 0 saturated carbocycles. The molecular weight excluding hydrogens is 314 g/mol. The van der Waals surface area contributed by atoms with Crippen LogP contribution in [-0.2, 0) is 0 Å². The molecule has 1 unspecified atom stereocenters. The van der Waals surface area contributed by atoms with E-state index in [-0.39, 0.29) is 17.6 Å². The first-order valence-corrected chi connectivity index (χ1v) is 8.54. The molecule has 128 valence electrons. The first kappa shape index (κ1) is 17.0. The van der Waals surface area contributed by atoms with E-state index in [1.165, 1.54) is 6.20 Å². The highest BCUT2D eigenvalue weighted by Crippen LogP contribution is 2.32. The Hall–Kier alpha value is -2.87. The van der Waals surface area contributed by atoms with Gasteiger partial charge in [0.1, 0.15) is 17.5 Å². The number of ether oxygens (including phenoxy) is 1. The molecule has 3 rings (SSSR count). The largest absolute Gasteiger partial charge is 0.497 e. The first-order chi connectivity index (χ1) is 12.2. The lowest BCUT2D eigenvalue weighted by Gasteiger charge is -2.30. The van der Waals surface area contributed by atoms with Crippen molar-refractivity contribution >= 4 is 5.91 Å². The van der Waals surface area contributed by atoms with Gasteiger partial charge in [-0.3, -0.25) is 4.79 Å². The SMILES string of the molecule is COc1ccc(C2CCCCCN2C(=O)c2ccnc(C#N)c2)cc1. The third kappa shape index (κ3) is 3.80. The Bertz CT molecular complexity index is 780. The van der Waals surface area contributed by atoms with Gasteiger partial charge in [0, 0.05) is 18.3 Å². The van der Waals surface area contributed by atoms with Crippen molar-refractivity contribution in [2.75, 3.05) is 13.7 Å². The van der Waals surface area contributed by atoms with Gasteiger partial charge in [-0.05, 0) is 42.7 Å². The van der Waals surface area contributed by atoms with Crippen LogP contribution < -0.4 is 4.74 Å². The molecule has 1 amide bonds. The molecule has 1 aliphatic heterocycles. The summed E-state index contributed by atoms with van der Waals surface area (Å²) in [5.41, 5.74) is 1.90. The second-order valence-electron chi connectivity index (χ2n) is 6.18. The normalized spacial score (nSPS) is 17.4.